The summed E-state index contributed by atoms with van der Waals surface area (Å²) < 4.78 is 29.2. The molecule has 1 unspecified atom stereocenters. The van der Waals surface area contributed by atoms with Crippen LogP contribution >= 0.6 is 22.7 Å². The molecular formula is C30H34N4O3S3. The Labute approximate surface area is 243 Å². The van der Waals surface area contributed by atoms with Crippen LogP contribution in [0.2, 0.25) is 0 Å². The maximum Gasteiger partial charge on any atom is 0.256 e. The van der Waals surface area contributed by atoms with Gasteiger partial charge in [-0.25, -0.2) is 13.4 Å². The molecule has 0 bridgehead atoms. The molecule has 4 aromatic rings. The topological polar surface area (TPSA) is 82.6 Å². The van der Waals surface area contributed by atoms with Crippen molar-refractivity contribution >= 4 is 53.8 Å². The number of sulfonamides is 1. The van der Waals surface area contributed by atoms with E-state index in [1.54, 1.807) is 51.2 Å². The molecule has 1 atom stereocenters. The van der Waals surface area contributed by atoms with Crippen molar-refractivity contribution in [3.8, 4) is 10.6 Å². The predicted molar refractivity (Wildman–Crippen MR) is 164 cm³/mol. The number of thiophene rings is 1. The van der Waals surface area contributed by atoms with Crippen molar-refractivity contribution in [3.63, 3.8) is 0 Å². The number of nitrogens with zero attached hydrogens (tertiary/aromatic N) is 3. The first-order valence-corrected chi connectivity index (χ1v) is 17.1. The molecule has 10 heteroatoms. The number of nitrogens with one attached hydrogen (secondary N) is 1. The molecule has 1 amide bonds. The van der Waals surface area contributed by atoms with E-state index in [0.29, 0.717) is 12.1 Å². The second-order valence-electron chi connectivity index (χ2n) is 10.7. The summed E-state index contributed by atoms with van der Waals surface area (Å²) in [5.41, 5.74) is 3.70. The minimum Gasteiger partial charge on any atom is -0.313 e. The second-order valence-corrected chi connectivity index (χ2v) is 14.7. The molecular weight excluding hydrogens is 561 g/mol. The monoisotopic (exact) mass is 594 g/mol. The smallest absolute Gasteiger partial charge is 0.256 e. The van der Waals surface area contributed by atoms with Gasteiger partial charge in [0.25, 0.3) is 5.91 Å². The zero-order valence-electron chi connectivity index (χ0n) is 22.9. The van der Waals surface area contributed by atoms with E-state index in [9.17, 15) is 13.2 Å². The summed E-state index contributed by atoms with van der Waals surface area (Å²) in [4.78, 5) is 22.4. The zero-order valence-corrected chi connectivity index (χ0v) is 25.3. The van der Waals surface area contributed by atoms with E-state index >= 15 is 0 Å². The number of para-hydroxylation sites is 1. The molecule has 1 saturated heterocycles. The van der Waals surface area contributed by atoms with Crippen LogP contribution < -0.4 is 5.32 Å². The minimum absolute atomic E-state index is 0.0132. The summed E-state index contributed by atoms with van der Waals surface area (Å²) in [6, 6.07) is 14.5. The van der Waals surface area contributed by atoms with E-state index in [2.05, 4.69) is 23.2 Å². The molecule has 6 rings (SSSR count). The quantitative estimate of drug-likeness (QED) is 0.260. The summed E-state index contributed by atoms with van der Waals surface area (Å²) in [6.45, 7) is 7.63. The molecule has 0 aliphatic carbocycles. The molecule has 2 aliphatic heterocycles. The third kappa shape index (κ3) is 5.23. The molecule has 1 fully saturated rings. The fourth-order valence-electron chi connectivity index (χ4n) is 5.77. The van der Waals surface area contributed by atoms with Crippen molar-refractivity contribution in [2.24, 2.45) is 0 Å². The number of hydrogen-bond acceptors (Lipinski definition) is 7. The van der Waals surface area contributed by atoms with Crippen LogP contribution in [0.4, 0.5) is 5.00 Å². The lowest BCUT2D eigenvalue weighted by molar-refractivity contribution is 0.102. The summed E-state index contributed by atoms with van der Waals surface area (Å²) in [5.74, 6) is -0.248. The highest BCUT2D eigenvalue weighted by Crippen LogP contribution is 2.46. The summed E-state index contributed by atoms with van der Waals surface area (Å²) in [5, 5.41) is 4.91. The maximum absolute atomic E-state index is 13.5. The van der Waals surface area contributed by atoms with E-state index in [1.165, 1.54) is 10.4 Å². The first-order valence-electron chi connectivity index (χ1n) is 14.0. The lowest BCUT2D eigenvalue weighted by Gasteiger charge is -2.32. The number of hydrogen-bond donors (Lipinski definition) is 1. The van der Waals surface area contributed by atoms with Crippen LogP contribution in [0.1, 0.15) is 60.3 Å². The number of anilines is 1. The van der Waals surface area contributed by atoms with Crippen LogP contribution in [0.3, 0.4) is 0 Å². The van der Waals surface area contributed by atoms with Gasteiger partial charge in [-0.05, 0) is 81.1 Å². The summed E-state index contributed by atoms with van der Waals surface area (Å²) >= 11 is 3.29. The fourth-order valence-corrected chi connectivity index (χ4v) is 9.87. The molecule has 1 N–H and O–H groups in total. The number of thiazole rings is 1. The number of piperidine rings is 1. The molecule has 7 nitrogen and oxygen atoms in total. The third-order valence-electron chi connectivity index (χ3n) is 7.88. The van der Waals surface area contributed by atoms with Gasteiger partial charge in [-0.2, -0.15) is 4.31 Å². The van der Waals surface area contributed by atoms with Crippen molar-refractivity contribution in [3.05, 3.63) is 64.5 Å². The number of benzene rings is 2. The van der Waals surface area contributed by atoms with Gasteiger partial charge in [-0.15, -0.1) is 22.7 Å². The standard InChI is InChI=1S/C30H34N4O3S3/c1-3-16-33-18-15-23-26(19-33)39-30(27(23)29-31-24-9-4-5-10-25(24)38-29)32-28(35)21-11-13-22(14-12-21)40(36,37)34-17-7-6-8-20(34)2/h4-5,9-14,20H,3,6-8,15-19H2,1-2H3,(H,32,35). The molecule has 4 heterocycles. The van der Waals surface area contributed by atoms with E-state index in [1.807, 2.05) is 25.1 Å². The van der Waals surface area contributed by atoms with Gasteiger partial charge in [-0.1, -0.05) is 25.5 Å². The predicted octanol–water partition coefficient (Wildman–Crippen LogP) is 6.61. The fraction of sp³-hybridized carbons (Fsp3) is 0.400. The normalized spacial score (nSPS) is 18.6. The molecule has 210 valence electrons. The van der Waals surface area contributed by atoms with Gasteiger partial charge >= 0.3 is 0 Å². The van der Waals surface area contributed by atoms with Crippen molar-refractivity contribution in [1.29, 1.82) is 0 Å². The largest absolute Gasteiger partial charge is 0.313 e. The van der Waals surface area contributed by atoms with E-state index < -0.39 is 10.0 Å². The van der Waals surface area contributed by atoms with Gasteiger partial charge in [-0.3, -0.25) is 9.69 Å². The van der Waals surface area contributed by atoms with Gasteiger partial charge in [0, 0.05) is 41.7 Å². The van der Waals surface area contributed by atoms with E-state index in [0.717, 1.165) is 77.5 Å². The van der Waals surface area contributed by atoms with Gasteiger partial charge in [0.15, 0.2) is 0 Å². The molecule has 2 aliphatic rings. The maximum atomic E-state index is 13.5. The van der Waals surface area contributed by atoms with Crippen LogP contribution in [-0.4, -0.2) is 54.2 Å². The Morgan fingerprint density at radius 3 is 2.62 bits per heavy atom. The molecule has 0 radical (unpaired) electrons. The number of carbonyl (C=O) groups is 1. The lowest BCUT2D eigenvalue weighted by atomic mass is 10.0. The Balaban J connectivity index is 1.30. The van der Waals surface area contributed by atoms with Crippen LogP contribution in [0.5, 0.6) is 0 Å². The first-order chi connectivity index (χ1) is 19.3. The average Bonchev–Trinajstić information content (AvgIpc) is 3.53. The van der Waals surface area contributed by atoms with Crippen molar-refractivity contribution in [2.75, 3.05) is 25.0 Å². The van der Waals surface area contributed by atoms with Crippen molar-refractivity contribution < 1.29 is 13.2 Å². The van der Waals surface area contributed by atoms with Crippen LogP contribution in [0.25, 0.3) is 20.8 Å². The first kappa shape index (κ1) is 27.5. The van der Waals surface area contributed by atoms with E-state index in [4.69, 9.17) is 4.98 Å². The van der Waals surface area contributed by atoms with E-state index in [-0.39, 0.29) is 16.8 Å². The Hall–Kier alpha value is -2.63. The number of fused-ring (bicyclic) bond motifs is 2. The number of aromatic nitrogens is 1. The Morgan fingerprint density at radius 2 is 1.88 bits per heavy atom. The molecule has 40 heavy (non-hydrogen) atoms. The summed E-state index contributed by atoms with van der Waals surface area (Å²) in [7, 11) is -3.59. The highest BCUT2D eigenvalue weighted by Gasteiger charge is 2.31. The molecule has 0 spiro atoms. The van der Waals surface area contributed by atoms with Gasteiger partial charge in [0.2, 0.25) is 10.0 Å². The Bertz CT molecular complexity index is 1610. The number of amides is 1. The molecule has 2 aromatic carbocycles. The van der Waals surface area contributed by atoms with Gasteiger partial charge in [0.1, 0.15) is 10.0 Å². The van der Waals surface area contributed by atoms with Crippen molar-refractivity contribution in [1.82, 2.24) is 14.2 Å². The lowest BCUT2D eigenvalue weighted by Crippen LogP contribution is -2.41. The average molecular weight is 595 g/mol. The number of rotatable bonds is 7. The summed E-state index contributed by atoms with van der Waals surface area (Å²) in [6.07, 6.45) is 4.83. The number of carbonyl (C=O) groups excluding carboxylic acids is 1. The van der Waals surface area contributed by atoms with Gasteiger partial charge < -0.3 is 5.32 Å². The molecule has 2 aromatic heterocycles. The molecule has 0 saturated carbocycles. The Kier molecular flexibility index (Phi) is 7.80. The van der Waals surface area contributed by atoms with Crippen LogP contribution in [-0.2, 0) is 23.0 Å². The zero-order chi connectivity index (χ0) is 27.9. The van der Waals surface area contributed by atoms with Crippen LogP contribution in [0.15, 0.2) is 53.4 Å². The third-order valence-corrected chi connectivity index (χ3v) is 12.1. The van der Waals surface area contributed by atoms with Crippen molar-refractivity contribution in [2.45, 2.75) is 63.4 Å². The van der Waals surface area contributed by atoms with Crippen LogP contribution in [0, 0.1) is 0 Å². The Morgan fingerprint density at radius 1 is 1.07 bits per heavy atom. The minimum atomic E-state index is -3.59. The second kappa shape index (κ2) is 11.3. The highest BCUT2D eigenvalue weighted by atomic mass is 32.2. The highest BCUT2D eigenvalue weighted by molar-refractivity contribution is 7.89. The van der Waals surface area contributed by atoms with Gasteiger partial charge in [0.05, 0.1) is 15.1 Å². The SMILES string of the molecule is CCCN1CCc2c(sc(NC(=O)c3ccc(S(=O)(=O)N4CCCCC4C)cc3)c2-c2nc3ccccc3s2)C1.